The second kappa shape index (κ2) is 4.00. The van der Waals surface area contributed by atoms with Gasteiger partial charge in [-0.05, 0) is 12.1 Å². The van der Waals surface area contributed by atoms with Crippen LogP contribution in [-0.2, 0) is 0 Å². The molecule has 1 rings (SSSR count). The number of hydrogen-bond donors (Lipinski definition) is 0. The molecule has 2 nitrogen and oxygen atoms in total. The van der Waals surface area contributed by atoms with E-state index in [0.717, 1.165) is 5.56 Å². The third-order valence-corrected chi connectivity index (χ3v) is 2.33. The number of quaternary nitrogens is 1. The van der Waals surface area contributed by atoms with E-state index in [-0.39, 0.29) is 6.04 Å². The smallest absolute Gasteiger partial charge is 0.201 e. The van der Waals surface area contributed by atoms with Crippen LogP contribution >= 0.6 is 11.6 Å². The highest BCUT2D eigenvalue weighted by Gasteiger charge is 2.24. The first kappa shape index (κ1) is 11.0. The van der Waals surface area contributed by atoms with Gasteiger partial charge in [-0.3, -0.25) is 0 Å². The van der Waals surface area contributed by atoms with Crippen molar-refractivity contribution in [2.24, 2.45) is 0 Å². The molecule has 0 aromatic heterocycles. The van der Waals surface area contributed by atoms with Crippen LogP contribution in [-0.4, -0.2) is 25.6 Å². The van der Waals surface area contributed by atoms with Crippen molar-refractivity contribution in [3.05, 3.63) is 34.9 Å². The van der Waals surface area contributed by atoms with Gasteiger partial charge < -0.3 is 4.48 Å². The molecule has 14 heavy (non-hydrogen) atoms. The van der Waals surface area contributed by atoms with E-state index >= 15 is 0 Å². The van der Waals surface area contributed by atoms with Crippen LogP contribution in [0, 0.1) is 11.3 Å². The van der Waals surface area contributed by atoms with Gasteiger partial charge >= 0.3 is 0 Å². The topological polar surface area (TPSA) is 23.8 Å². The molecule has 0 N–H and O–H groups in total. The maximum atomic E-state index is 9.09. The Morgan fingerprint density at radius 2 is 1.71 bits per heavy atom. The molecule has 0 aliphatic heterocycles. The standard InChI is InChI=1S/C11H14ClN2/c1-14(2,3)11(8-13)9-4-6-10(12)7-5-9/h4-7,11H,1-3H3/q+1. The fourth-order valence-corrected chi connectivity index (χ4v) is 1.47. The SMILES string of the molecule is C[N+](C)(C)C(C#N)c1ccc(Cl)cc1. The molecule has 1 atom stereocenters. The van der Waals surface area contributed by atoms with Gasteiger partial charge in [0.2, 0.25) is 6.04 Å². The summed E-state index contributed by atoms with van der Waals surface area (Å²) in [4.78, 5) is 0. The highest BCUT2D eigenvalue weighted by atomic mass is 35.5. The van der Waals surface area contributed by atoms with Gasteiger partial charge in [-0.1, -0.05) is 23.7 Å². The van der Waals surface area contributed by atoms with Gasteiger partial charge in [0.05, 0.1) is 21.1 Å². The van der Waals surface area contributed by atoms with Gasteiger partial charge in [-0.25, -0.2) is 0 Å². The second-order valence-corrected chi connectivity index (χ2v) is 4.64. The van der Waals surface area contributed by atoms with Crippen LogP contribution in [0.5, 0.6) is 0 Å². The molecule has 0 aliphatic carbocycles. The first-order chi connectivity index (χ1) is 6.45. The summed E-state index contributed by atoms with van der Waals surface area (Å²) in [5, 5.41) is 9.79. The largest absolute Gasteiger partial charge is 0.313 e. The van der Waals surface area contributed by atoms with E-state index in [1.165, 1.54) is 0 Å². The number of rotatable bonds is 2. The van der Waals surface area contributed by atoms with E-state index < -0.39 is 0 Å². The van der Waals surface area contributed by atoms with Crippen LogP contribution in [0.25, 0.3) is 0 Å². The monoisotopic (exact) mass is 209 g/mol. The Morgan fingerprint density at radius 1 is 1.21 bits per heavy atom. The zero-order chi connectivity index (χ0) is 10.8. The molecule has 0 heterocycles. The van der Waals surface area contributed by atoms with Crippen LogP contribution < -0.4 is 0 Å². The van der Waals surface area contributed by atoms with Crippen LogP contribution in [0.15, 0.2) is 24.3 Å². The van der Waals surface area contributed by atoms with Crippen molar-refractivity contribution in [2.45, 2.75) is 6.04 Å². The van der Waals surface area contributed by atoms with Crippen molar-refractivity contribution in [3.63, 3.8) is 0 Å². The quantitative estimate of drug-likeness (QED) is 0.687. The summed E-state index contributed by atoms with van der Waals surface area (Å²) in [6.45, 7) is 0. The lowest BCUT2D eigenvalue weighted by atomic mass is 10.1. The molecule has 0 fully saturated rings. The Hall–Kier alpha value is -1.04. The normalized spacial score (nSPS) is 13.4. The molecule has 1 unspecified atom stereocenters. The van der Waals surface area contributed by atoms with Gasteiger partial charge in [0, 0.05) is 10.6 Å². The second-order valence-electron chi connectivity index (χ2n) is 4.20. The molecule has 0 saturated heterocycles. The number of benzene rings is 1. The Bertz CT molecular complexity index is 343. The van der Waals surface area contributed by atoms with E-state index in [2.05, 4.69) is 6.07 Å². The molecule has 0 spiro atoms. The molecular formula is C11H14ClN2+. The summed E-state index contributed by atoms with van der Waals surface area (Å²) < 4.78 is 0.595. The van der Waals surface area contributed by atoms with Crippen molar-refractivity contribution in [2.75, 3.05) is 21.1 Å². The molecule has 0 amide bonds. The van der Waals surface area contributed by atoms with E-state index in [1.807, 2.05) is 45.4 Å². The Balaban J connectivity index is 3.04. The molecule has 1 aromatic rings. The fraction of sp³-hybridized carbons (Fsp3) is 0.364. The predicted molar refractivity (Wildman–Crippen MR) is 57.8 cm³/mol. The van der Waals surface area contributed by atoms with Crippen LogP contribution in [0.3, 0.4) is 0 Å². The zero-order valence-electron chi connectivity index (χ0n) is 8.66. The Labute approximate surface area is 89.9 Å². The maximum absolute atomic E-state index is 9.09. The lowest BCUT2D eigenvalue weighted by molar-refractivity contribution is -0.893. The molecule has 0 radical (unpaired) electrons. The highest BCUT2D eigenvalue weighted by molar-refractivity contribution is 6.30. The van der Waals surface area contributed by atoms with Crippen molar-refractivity contribution in [1.29, 1.82) is 5.26 Å². The first-order valence-electron chi connectivity index (χ1n) is 4.41. The molecule has 0 bridgehead atoms. The van der Waals surface area contributed by atoms with E-state index in [4.69, 9.17) is 16.9 Å². The minimum absolute atomic E-state index is 0.146. The first-order valence-corrected chi connectivity index (χ1v) is 4.79. The number of nitriles is 1. The van der Waals surface area contributed by atoms with Crippen molar-refractivity contribution >= 4 is 11.6 Å². The lowest BCUT2D eigenvalue weighted by Gasteiger charge is -2.29. The van der Waals surface area contributed by atoms with Gasteiger partial charge in [-0.2, -0.15) is 5.26 Å². The lowest BCUT2D eigenvalue weighted by Crippen LogP contribution is -2.38. The average Bonchev–Trinajstić information content (AvgIpc) is 2.07. The molecular weight excluding hydrogens is 196 g/mol. The van der Waals surface area contributed by atoms with Gasteiger partial charge in [0.15, 0.2) is 0 Å². The van der Waals surface area contributed by atoms with Crippen LogP contribution in [0.2, 0.25) is 5.02 Å². The molecule has 1 aromatic carbocycles. The van der Waals surface area contributed by atoms with Gasteiger partial charge in [-0.15, -0.1) is 0 Å². The van der Waals surface area contributed by atoms with Crippen LogP contribution in [0.1, 0.15) is 11.6 Å². The summed E-state index contributed by atoms with van der Waals surface area (Å²) in [5.41, 5.74) is 1.00. The van der Waals surface area contributed by atoms with Crippen LogP contribution in [0.4, 0.5) is 0 Å². The minimum Gasteiger partial charge on any atom is -0.313 e. The van der Waals surface area contributed by atoms with Gasteiger partial charge in [0.25, 0.3) is 0 Å². The third kappa shape index (κ3) is 2.47. The predicted octanol–water partition coefficient (Wildman–Crippen LogP) is 2.61. The number of hydrogen-bond acceptors (Lipinski definition) is 1. The Kier molecular flexibility index (Phi) is 3.15. The molecule has 0 aliphatic rings. The van der Waals surface area contributed by atoms with Crippen molar-refractivity contribution in [3.8, 4) is 6.07 Å². The summed E-state index contributed by atoms with van der Waals surface area (Å²) in [7, 11) is 6.01. The van der Waals surface area contributed by atoms with E-state index in [9.17, 15) is 0 Å². The summed E-state index contributed by atoms with van der Waals surface area (Å²) >= 11 is 5.79. The fourth-order valence-electron chi connectivity index (χ4n) is 1.34. The molecule has 74 valence electrons. The summed E-state index contributed by atoms with van der Waals surface area (Å²) in [5.74, 6) is 0. The average molecular weight is 210 g/mol. The summed E-state index contributed by atoms with van der Waals surface area (Å²) in [6.07, 6.45) is 0. The number of nitrogens with zero attached hydrogens (tertiary/aromatic N) is 2. The maximum Gasteiger partial charge on any atom is 0.201 e. The Morgan fingerprint density at radius 3 is 2.07 bits per heavy atom. The van der Waals surface area contributed by atoms with Crippen molar-refractivity contribution in [1.82, 2.24) is 0 Å². The van der Waals surface area contributed by atoms with E-state index in [0.29, 0.717) is 9.51 Å². The summed E-state index contributed by atoms with van der Waals surface area (Å²) in [6, 6.07) is 9.60. The van der Waals surface area contributed by atoms with Gasteiger partial charge in [0.1, 0.15) is 6.07 Å². The zero-order valence-corrected chi connectivity index (χ0v) is 9.42. The molecule has 3 heteroatoms. The van der Waals surface area contributed by atoms with E-state index in [1.54, 1.807) is 0 Å². The molecule has 0 saturated carbocycles. The third-order valence-electron chi connectivity index (χ3n) is 2.08. The van der Waals surface area contributed by atoms with Crippen molar-refractivity contribution < 1.29 is 4.48 Å². The number of halogens is 1. The highest BCUT2D eigenvalue weighted by Crippen LogP contribution is 2.23. The minimum atomic E-state index is -0.146.